The van der Waals surface area contributed by atoms with E-state index in [0.717, 1.165) is 5.75 Å². The van der Waals surface area contributed by atoms with E-state index in [0.29, 0.717) is 0 Å². The molecule has 1 nitrogen and oxygen atoms in total. The van der Waals surface area contributed by atoms with Crippen LogP contribution in [-0.2, 0) is 4.44 Å². The van der Waals surface area contributed by atoms with Crippen LogP contribution in [0.15, 0.2) is 24.3 Å². The molecule has 22 heavy (non-hydrogen) atoms. The van der Waals surface area contributed by atoms with Gasteiger partial charge in [-0.25, -0.2) is 0 Å². The number of benzene rings is 1. The van der Waals surface area contributed by atoms with Gasteiger partial charge in [0.2, 0.25) is 0 Å². The van der Waals surface area contributed by atoms with Crippen molar-refractivity contribution in [3.63, 3.8) is 0 Å². The number of rotatable bonds is 12. The molecule has 2 heteroatoms. The quantitative estimate of drug-likeness (QED) is 0.351. The molecule has 1 rings (SSSR count). The fourth-order valence-corrected chi connectivity index (χ4v) is 19.7. The second-order valence-electron chi connectivity index (χ2n) is 6.84. The zero-order valence-electron chi connectivity index (χ0n) is 15.3. The minimum absolute atomic E-state index is 0.986. The fourth-order valence-electron chi connectivity index (χ4n) is 3.47. The first-order valence-corrected chi connectivity index (χ1v) is 17.4. The molecule has 0 amide bonds. The Bertz CT molecular complexity index is 363. The minimum atomic E-state index is -2.03. The Morgan fingerprint density at radius 3 is 1.59 bits per heavy atom. The first kappa shape index (κ1) is 19.9. The average Bonchev–Trinajstić information content (AvgIpc) is 2.56. The zero-order chi connectivity index (χ0) is 16.3. The number of ether oxygens (including phenoxy) is 1. The molecule has 0 bridgehead atoms. The molecule has 0 saturated heterocycles. The Hall–Kier alpha value is -0.181. The fraction of sp³-hybridized carbons (Fsp3) is 0.700. The summed E-state index contributed by atoms with van der Waals surface area (Å²) in [5, 5.41) is 0. The Kier molecular flexibility index (Phi) is 10.3. The molecule has 0 radical (unpaired) electrons. The summed E-state index contributed by atoms with van der Waals surface area (Å²) in [7, 11) is 1.75. The van der Waals surface area contributed by atoms with Crippen LogP contribution < -0.4 is 4.74 Å². The van der Waals surface area contributed by atoms with Gasteiger partial charge in [-0.1, -0.05) is 0 Å². The van der Waals surface area contributed by atoms with Gasteiger partial charge in [-0.15, -0.1) is 0 Å². The molecular weight excluding hydrogens is 375 g/mol. The van der Waals surface area contributed by atoms with Gasteiger partial charge < -0.3 is 0 Å². The predicted molar refractivity (Wildman–Crippen MR) is 102 cm³/mol. The van der Waals surface area contributed by atoms with E-state index < -0.39 is 18.4 Å². The second kappa shape index (κ2) is 11.4. The van der Waals surface area contributed by atoms with E-state index in [1.807, 2.05) is 0 Å². The van der Waals surface area contributed by atoms with Crippen molar-refractivity contribution in [3.8, 4) is 5.75 Å². The summed E-state index contributed by atoms with van der Waals surface area (Å²) in [4.78, 5) is 0. The van der Waals surface area contributed by atoms with Crippen molar-refractivity contribution in [1.82, 2.24) is 0 Å². The third-order valence-corrected chi connectivity index (χ3v) is 20.3. The van der Waals surface area contributed by atoms with Crippen molar-refractivity contribution < 1.29 is 4.74 Å². The van der Waals surface area contributed by atoms with E-state index >= 15 is 0 Å². The van der Waals surface area contributed by atoms with Crippen molar-refractivity contribution in [2.45, 2.75) is 77.0 Å². The van der Waals surface area contributed by atoms with E-state index in [2.05, 4.69) is 45.0 Å². The first-order chi connectivity index (χ1) is 10.7. The molecule has 0 aliphatic rings. The van der Waals surface area contributed by atoms with Gasteiger partial charge in [-0.05, 0) is 0 Å². The van der Waals surface area contributed by atoms with Crippen LogP contribution in [0.25, 0.3) is 0 Å². The number of unbranched alkanes of at least 4 members (excludes halogenated alkanes) is 3. The van der Waals surface area contributed by atoms with Crippen LogP contribution in [0.3, 0.4) is 0 Å². The molecule has 126 valence electrons. The summed E-state index contributed by atoms with van der Waals surface area (Å²) in [6.07, 6.45) is 8.46. The van der Waals surface area contributed by atoms with Gasteiger partial charge in [0.05, 0.1) is 0 Å². The summed E-state index contributed by atoms with van der Waals surface area (Å²) in [5.74, 6) is 0.986. The third kappa shape index (κ3) is 6.93. The van der Waals surface area contributed by atoms with E-state index in [1.54, 1.807) is 26.0 Å². The van der Waals surface area contributed by atoms with Crippen LogP contribution in [0.5, 0.6) is 5.75 Å². The van der Waals surface area contributed by atoms with Gasteiger partial charge in [0.15, 0.2) is 0 Å². The van der Waals surface area contributed by atoms with E-state index in [1.165, 1.54) is 43.0 Å². The van der Waals surface area contributed by atoms with Gasteiger partial charge in [0.1, 0.15) is 0 Å². The van der Waals surface area contributed by atoms with Crippen LogP contribution in [-0.4, -0.2) is 25.5 Å². The SMILES string of the molecule is CCC[CH2][Sn]([CH2]CCC)([CH2]CCC)[CH2]c1ccc(OC)cc1. The van der Waals surface area contributed by atoms with Gasteiger partial charge in [-0.3, -0.25) is 0 Å². The molecule has 1 aromatic carbocycles. The zero-order valence-corrected chi connectivity index (χ0v) is 18.1. The molecule has 0 N–H and O–H groups in total. The number of methoxy groups -OCH3 is 1. The Morgan fingerprint density at radius 2 is 1.23 bits per heavy atom. The molecule has 0 atom stereocenters. The van der Waals surface area contributed by atoms with Crippen LogP contribution in [0.4, 0.5) is 0 Å². The van der Waals surface area contributed by atoms with Gasteiger partial charge in [-0.2, -0.15) is 0 Å². The van der Waals surface area contributed by atoms with Crippen LogP contribution in [0, 0.1) is 0 Å². The summed E-state index contributed by atoms with van der Waals surface area (Å²) in [6.45, 7) is 7.05. The summed E-state index contributed by atoms with van der Waals surface area (Å²) < 4.78 is 11.5. The number of hydrogen-bond acceptors (Lipinski definition) is 1. The van der Waals surface area contributed by atoms with Crippen molar-refractivity contribution in [1.29, 1.82) is 0 Å². The van der Waals surface area contributed by atoms with Crippen molar-refractivity contribution in [2.75, 3.05) is 7.11 Å². The van der Waals surface area contributed by atoms with E-state index in [-0.39, 0.29) is 0 Å². The summed E-state index contributed by atoms with van der Waals surface area (Å²) in [6, 6.07) is 8.92. The molecule has 0 heterocycles. The Balaban J connectivity index is 2.87. The maximum atomic E-state index is 5.31. The summed E-state index contributed by atoms with van der Waals surface area (Å²) >= 11 is -2.03. The van der Waals surface area contributed by atoms with Crippen LogP contribution >= 0.6 is 0 Å². The standard InChI is InChI=1S/C8H9O.3C4H9.Sn/c1-7-3-5-8(9-2)6-4-7;3*1-3-4-2;/h3-6H,1H2,2H3;3*1,3-4H2,2H3;. The monoisotopic (exact) mass is 412 g/mol. The molecule has 1 aromatic rings. The normalized spacial score (nSPS) is 11.6. The van der Waals surface area contributed by atoms with Crippen molar-refractivity contribution in [3.05, 3.63) is 29.8 Å². The van der Waals surface area contributed by atoms with Gasteiger partial charge >= 0.3 is 143 Å². The second-order valence-corrected chi connectivity index (χ2v) is 20.7. The molecule has 0 spiro atoms. The Labute approximate surface area is 142 Å². The maximum absolute atomic E-state index is 5.31. The molecule has 0 aromatic heterocycles. The molecular formula is C20H36OSn. The van der Waals surface area contributed by atoms with Crippen LogP contribution in [0.1, 0.15) is 64.9 Å². The molecule has 0 saturated carbocycles. The molecule has 0 fully saturated rings. The average molecular weight is 411 g/mol. The summed E-state index contributed by atoms with van der Waals surface area (Å²) in [5.41, 5.74) is 1.57. The van der Waals surface area contributed by atoms with E-state index in [9.17, 15) is 0 Å². The van der Waals surface area contributed by atoms with E-state index in [4.69, 9.17) is 4.74 Å². The van der Waals surface area contributed by atoms with Gasteiger partial charge in [0.25, 0.3) is 0 Å². The molecule has 0 aliphatic heterocycles. The van der Waals surface area contributed by atoms with Gasteiger partial charge in [0, 0.05) is 0 Å². The molecule has 0 unspecified atom stereocenters. The Morgan fingerprint density at radius 1 is 0.773 bits per heavy atom. The van der Waals surface area contributed by atoms with Crippen LogP contribution in [0.2, 0.25) is 13.3 Å². The first-order valence-electron chi connectivity index (χ1n) is 9.32. The third-order valence-electron chi connectivity index (χ3n) is 4.92. The number of hydrogen-bond donors (Lipinski definition) is 0. The van der Waals surface area contributed by atoms with Crippen molar-refractivity contribution >= 4 is 18.4 Å². The topological polar surface area (TPSA) is 9.23 Å². The molecule has 0 aliphatic carbocycles. The predicted octanol–water partition coefficient (Wildman–Crippen LogP) is 6.63. The van der Waals surface area contributed by atoms with Crippen molar-refractivity contribution in [2.24, 2.45) is 0 Å².